The van der Waals surface area contributed by atoms with Crippen LogP contribution in [0.15, 0.2) is 18.2 Å². The minimum absolute atomic E-state index is 0.228. The number of benzene rings is 1. The van der Waals surface area contributed by atoms with Gasteiger partial charge in [-0.3, -0.25) is 0 Å². The molecular formula is C16H27NO3. The standard InChI is InChI=1S/C16H27NO3/c1-5-6-13(2)20-16-8-7-15(19-4)11-14(16)12-17-9-10-18-3/h7-8,11,13,17H,5-6,9-10,12H2,1-4H3. The Labute approximate surface area is 122 Å². The molecule has 114 valence electrons. The Morgan fingerprint density at radius 2 is 2.05 bits per heavy atom. The highest BCUT2D eigenvalue weighted by atomic mass is 16.5. The first-order valence-electron chi connectivity index (χ1n) is 7.24. The molecule has 0 aliphatic rings. The van der Waals surface area contributed by atoms with Gasteiger partial charge in [0, 0.05) is 25.8 Å². The summed E-state index contributed by atoms with van der Waals surface area (Å²) in [7, 11) is 3.38. The Morgan fingerprint density at radius 1 is 1.25 bits per heavy atom. The molecule has 1 aromatic rings. The van der Waals surface area contributed by atoms with Crippen molar-refractivity contribution < 1.29 is 14.2 Å². The molecule has 0 fully saturated rings. The van der Waals surface area contributed by atoms with Crippen molar-refractivity contribution in [3.8, 4) is 11.5 Å². The maximum Gasteiger partial charge on any atom is 0.124 e. The molecule has 4 nitrogen and oxygen atoms in total. The molecule has 1 rings (SSSR count). The highest BCUT2D eigenvalue weighted by molar-refractivity contribution is 5.40. The van der Waals surface area contributed by atoms with E-state index in [0.29, 0.717) is 6.61 Å². The second-order valence-electron chi connectivity index (χ2n) is 4.86. The lowest BCUT2D eigenvalue weighted by molar-refractivity contribution is 0.197. The molecule has 1 unspecified atom stereocenters. The minimum atomic E-state index is 0.228. The second kappa shape index (κ2) is 9.61. The molecule has 0 saturated carbocycles. The lowest BCUT2D eigenvalue weighted by Gasteiger charge is -2.18. The van der Waals surface area contributed by atoms with Gasteiger partial charge in [0.05, 0.1) is 19.8 Å². The van der Waals surface area contributed by atoms with E-state index < -0.39 is 0 Å². The van der Waals surface area contributed by atoms with Crippen molar-refractivity contribution in [2.75, 3.05) is 27.4 Å². The SMILES string of the molecule is CCCC(C)Oc1ccc(OC)cc1CNCCOC. The number of nitrogens with one attached hydrogen (secondary N) is 1. The van der Waals surface area contributed by atoms with Crippen LogP contribution in [0.2, 0.25) is 0 Å². The van der Waals surface area contributed by atoms with Crippen molar-refractivity contribution >= 4 is 0 Å². The summed E-state index contributed by atoms with van der Waals surface area (Å²) in [5, 5.41) is 3.34. The monoisotopic (exact) mass is 281 g/mol. The van der Waals surface area contributed by atoms with Crippen molar-refractivity contribution in [3.63, 3.8) is 0 Å². The summed E-state index contributed by atoms with van der Waals surface area (Å²) in [5.74, 6) is 1.78. The van der Waals surface area contributed by atoms with Crippen LogP contribution in [-0.2, 0) is 11.3 Å². The van der Waals surface area contributed by atoms with E-state index in [9.17, 15) is 0 Å². The van der Waals surface area contributed by atoms with Crippen LogP contribution in [0.5, 0.6) is 11.5 Å². The van der Waals surface area contributed by atoms with E-state index in [1.54, 1.807) is 14.2 Å². The predicted molar refractivity (Wildman–Crippen MR) is 81.6 cm³/mol. The minimum Gasteiger partial charge on any atom is -0.497 e. The fourth-order valence-corrected chi connectivity index (χ4v) is 2.02. The Bertz CT molecular complexity index is 382. The first kappa shape index (κ1) is 16.8. The maximum atomic E-state index is 6.02. The molecule has 0 aliphatic carbocycles. The molecule has 1 atom stereocenters. The first-order chi connectivity index (χ1) is 9.71. The number of rotatable bonds is 10. The summed E-state index contributed by atoms with van der Waals surface area (Å²) >= 11 is 0. The smallest absolute Gasteiger partial charge is 0.124 e. The predicted octanol–water partition coefficient (Wildman–Crippen LogP) is 3.00. The van der Waals surface area contributed by atoms with Gasteiger partial charge in [-0.15, -0.1) is 0 Å². The van der Waals surface area contributed by atoms with Gasteiger partial charge < -0.3 is 19.5 Å². The van der Waals surface area contributed by atoms with Crippen LogP contribution in [-0.4, -0.2) is 33.5 Å². The Balaban J connectivity index is 2.70. The summed E-state index contributed by atoms with van der Waals surface area (Å²) < 4.78 is 16.3. The van der Waals surface area contributed by atoms with Crippen LogP contribution < -0.4 is 14.8 Å². The molecule has 0 heterocycles. The van der Waals surface area contributed by atoms with Gasteiger partial charge >= 0.3 is 0 Å². The normalized spacial score (nSPS) is 12.2. The Hall–Kier alpha value is -1.26. The van der Waals surface area contributed by atoms with E-state index in [1.807, 2.05) is 18.2 Å². The van der Waals surface area contributed by atoms with Crippen LogP contribution >= 0.6 is 0 Å². The fraction of sp³-hybridized carbons (Fsp3) is 0.625. The van der Waals surface area contributed by atoms with Gasteiger partial charge in [-0.05, 0) is 31.5 Å². The summed E-state index contributed by atoms with van der Waals surface area (Å²) in [6, 6.07) is 5.94. The average Bonchev–Trinajstić information content (AvgIpc) is 2.45. The van der Waals surface area contributed by atoms with Crippen LogP contribution in [0.1, 0.15) is 32.3 Å². The third-order valence-corrected chi connectivity index (χ3v) is 3.09. The highest BCUT2D eigenvalue weighted by Crippen LogP contribution is 2.25. The second-order valence-corrected chi connectivity index (χ2v) is 4.86. The first-order valence-corrected chi connectivity index (χ1v) is 7.24. The molecule has 1 N–H and O–H groups in total. The third-order valence-electron chi connectivity index (χ3n) is 3.09. The largest absolute Gasteiger partial charge is 0.497 e. The molecule has 1 aromatic carbocycles. The topological polar surface area (TPSA) is 39.7 Å². The summed E-state index contributed by atoms with van der Waals surface area (Å²) in [4.78, 5) is 0. The van der Waals surface area contributed by atoms with E-state index in [1.165, 1.54) is 0 Å². The number of hydrogen-bond acceptors (Lipinski definition) is 4. The zero-order valence-electron chi connectivity index (χ0n) is 13.1. The zero-order valence-corrected chi connectivity index (χ0v) is 13.1. The Kier molecular flexibility index (Phi) is 8.07. The van der Waals surface area contributed by atoms with E-state index in [0.717, 1.165) is 43.0 Å². The molecule has 0 amide bonds. The van der Waals surface area contributed by atoms with Crippen LogP contribution in [0, 0.1) is 0 Å². The van der Waals surface area contributed by atoms with E-state index in [2.05, 4.69) is 19.2 Å². The van der Waals surface area contributed by atoms with Crippen molar-refractivity contribution in [1.29, 1.82) is 0 Å². The number of methoxy groups -OCH3 is 2. The van der Waals surface area contributed by atoms with E-state index in [4.69, 9.17) is 14.2 Å². The van der Waals surface area contributed by atoms with Crippen molar-refractivity contribution in [3.05, 3.63) is 23.8 Å². The molecule has 20 heavy (non-hydrogen) atoms. The maximum absolute atomic E-state index is 6.02. The molecule has 0 radical (unpaired) electrons. The lowest BCUT2D eigenvalue weighted by Crippen LogP contribution is -2.20. The van der Waals surface area contributed by atoms with Gasteiger partial charge in [-0.2, -0.15) is 0 Å². The van der Waals surface area contributed by atoms with Gasteiger partial charge in [0.2, 0.25) is 0 Å². The summed E-state index contributed by atoms with van der Waals surface area (Å²) in [6.45, 7) is 6.54. The van der Waals surface area contributed by atoms with Gasteiger partial charge in [0.15, 0.2) is 0 Å². The Morgan fingerprint density at radius 3 is 2.70 bits per heavy atom. The van der Waals surface area contributed by atoms with Crippen LogP contribution in [0.4, 0.5) is 0 Å². The molecule has 0 bridgehead atoms. The zero-order chi connectivity index (χ0) is 14.8. The average molecular weight is 281 g/mol. The van der Waals surface area contributed by atoms with Crippen molar-refractivity contribution in [1.82, 2.24) is 5.32 Å². The van der Waals surface area contributed by atoms with Gasteiger partial charge in [0.25, 0.3) is 0 Å². The quantitative estimate of drug-likeness (QED) is 0.669. The van der Waals surface area contributed by atoms with Crippen LogP contribution in [0.3, 0.4) is 0 Å². The molecule has 0 saturated heterocycles. The number of ether oxygens (including phenoxy) is 3. The summed E-state index contributed by atoms with van der Waals surface area (Å²) in [5.41, 5.74) is 1.11. The highest BCUT2D eigenvalue weighted by Gasteiger charge is 2.09. The molecule has 0 aromatic heterocycles. The van der Waals surface area contributed by atoms with Gasteiger partial charge in [-0.1, -0.05) is 13.3 Å². The fourth-order valence-electron chi connectivity index (χ4n) is 2.02. The van der Waals surface area contributed by atoms with Crippen molar-refractivity contribution in [2.24, 2.45) is 0 Å². The van der Waals surface area contributed by atoms with Gasteiger partial charge in [-0.25, -0.2) is 0 Å². The third kappa shape index (κ3) is 5.80. The summed E-state index contributed by atoms with van der Waals surface area (Å²) in [6.07, 6.45) is 2.41. The molecule has 4 heteroatoms. The van der Waals surface area contributed by atoms with Crippen LogP contribution in [0.25, 0.3) is 0 Å². The number of hydrogen-bond donors (Lipinski definition) is 1. The van der Waals surface area contributed by atoms with E-state index in [-0.39, 0.29) is 6.10 Å². The van der Waals surface area contributed by atoms with Gasteiger partial charge in [0.1, 0.15) is 11.5 Å². The van der Waals surface area contributed by atoms with Crippen molar-refractivity contribution in [2.45, 2.75) is 39.3 Å². The molecule has 0 aliphatic heterocycles. The molecule has 0 spiro atoms. The van der Waals surface area contributed by atoms with E-state index >= 15 is 0 Å². The lowest BCUT2D eigenvalue weighted by atomic mass is 10.1. The molecular weight excluding hydrogens is 254 g/mol.